The lowest BCUT2D eigenvalue weighted by molar-refractivity contribution is -0.385. The van der Waals surface area contributed by atoms with Gasteiger partial charge in [0, 0.05) is 16.2 Å². The van der Waals surface area contributed by atoms with Gasteiger partial charge in [-0.2, -0.15) is 0 Å². The maximum atomic E-state index is 11.6. The predicted molar refractivity (Wildman–Crippen MR) is 74.6 cm³/mol. The molecule has 0 fully saturated rings. The van der Waals surface area contributed by atoms with Crippen molar-refractivity contribution in [2.75, 3.05) is 7.11 Å². The molecule has 0 aliphatic heterocycles. The van der Waals surface area contributed by atoms with Gasteiger partial charge in [0.1, 0.15) is 5.56 Å². The Labute approximate surface area is 116 Å². The van der Waals surface area contributed by atoms with Gasteiger partial charge in [-0.05, 0) is 18.1 Å². The molecule has 5 nitrogen and oxygen atoms in total. The molecule has 104 valence electrons. The summed E-state index contributed by atoms with van der Waals surface area (Å²) in [7, 11) is 1.21. The van der Waals surface area contributed by atoms with Gasteiger partial charge < -0.3 is 4.74 Å². The van der Waals surface area contributed by atoms with E-state index in [2.05, 4.69) is 25.5 Å². The van der Waals surface area contributed by atoms with E-state index >= 15 is 0 Å². The van der Waals surface area contributed by atoms with Crippen molar-refractivity contribution in [1.29, 1.82) is 0 Å². The van der Waals surface area contributed by atoms with E-state index in [-0.39, 0.29) is 11.3 Å². The zero-order chi connectivity index (χ0) is 14.6. The number of hydrogen-bond donors (Lipinski definition) is 0. The number of esters is 1. The fourth-order valence-corrected chi connectivity index (χ4v) is 2.41. The second-order valence-electron chi connectivity index (χ2n) is 4.49. The third-order valence-electron chi connectivity index (χ3n) is 2.83. The molecule has 1 atom stereocenters. The van der Waals surface area contributed by atoms with Crippen molar-refractivity contribution >= 4 is 23.4 Å². The molecule has 0 bridgehead atoms. The topological polar surface area (TPSA) is 69.4 Å². The molecule has 1 rings (SSSR count). The summed E-state index contributed by atoms with van der Waals surface area (Å²) in [6.07, 6.45) is 0. The Morgan fingerprint density at radius 1 is 1.37 bits per heavy atom. The molecule has 0 heterocycles. The molecule has 19 heavy (non-hydrogen) atoms. The lowest BCUT2D eigenvalue weighted by Crippen LogP contribution is -2.08. The number of methoxy groups -OCH3 is 1. The maximum Gasteiger partial charge on any atom is 0.344 e. The molecule has 0 radical (unpaired) electrons. The van der Waals surface area contributed by atoms with Gasteiger partial charge in [0.05, 0.1) is 12.0 Å². The first kappa shape index (κ1) is 15.5. The van der Waals surface area contributed by atoms with Gasteiger partial charge in [-0.15, -0.1) is 11.8 Å². The van der Waals surface area contributed by atoms with E-state index in [0.29, 0.717) is 11.2 Å². The molecule has 0 aromatic heterocycles. The standard InChI is InChI=1S/C13H17NO4S/c1-8(2)9(3)19-10-5-6-12(14(16)17)11(7-10)13(15)18-4/h5-9H,1-4H3. The number of carbonyl (C=O) groups is 1. The highest BCUT2D eigenvalue weighted by molar-refractivity contribution is 8.00. The van der Waals surface area contributed by atoms with Crippen LogP contribution >= 0.6 is 11.8 Å². The molecule has 0 saturated carbocycles. The maximum absolute atomic E-state index is 11.6. The second kappa shape index (κ2) is 6.56. The van der Waals surface area contributed by atoms with Crippen LogP contribution in [0, 0.1) is 16.0 Å². The molecule has 1 unspecified atom stereocenters. The molecule has 1 aromatic rings. The number of nitro groups is 1. The summed E-state index contributed by atoms with van der Waals surface area (Å²) >= 11 is 1.58. The normalized spacial score (nSPS) is 12.3. The van der Waals surface area contributed by atoms with Crippen LogP contribution in [0.1, 0.15) is 31.1 Å². The summed E-state index contributed by atoms with van der Waals surface area (Å²) in [4.78, 5) is 22.7. The Morgan fingerprint density at radius 2 is 2.00 bits per heavy atom. The van der Waals surface area contributed by atoms with Crippen LogP contribution in [0.3, 0.4) is 0 Å². The van der Waals surface area contributed by atoms with E-state index in [1.165, 1.54) is 19.2 Å². The number of nitro benzene ring substituents is 1. The van der Waals surface area contributed by atoms with E-state index in [9.17, 15) is 14.9 Å². The zero-order valence-electron chi connectivity index (χ0n) is 11.4. The van der Waals surface area contributed by atoms with Crippen molar-refractivity contribution in [2.45, 2.75) is 30.9 Å². The van der Waals surface area contributed by atoms with Crippen molar-refractivity contribution in [2.24, 2.45) is 5.92 Å². The van der Waals surface area contributed by atoms with E-state index in [1.54, 1.807) is 17.8 Å². The van der Waals surface area contributed by atoms with Gasteiger partial charge in [-0.3, -0.25) is 10.1 Å². The van der Waals surface area contributed by atoms with Crippen LogP contribution < -0.4 is 0 Å². The minimum atomic E-state index is -0.689. The summed E-state index contributed by atoms with van der Waals surface area (Å²) in [6.45, 7) is 6.28. The summed E-state index contributed by atoms with van der Waals surface area (Å²) < 4.78 is 4.58. The van der Waals surface area contributed by atoms with Gasteiger partial charge in [0.25, 0.3) is 5.69 Å². The average Bonchev–Trinajstić information content (AvgIpc) is 2.37. The minimum Gasteiger partial charge on any atom is -0.465 e. The van der Waals surface area contributed by atoms with Gasteiger partial charge >= 0.3 is 5.97 Å². The number of ether oxygens (including phenoxy) is 1. The van der Waals surface area contributed by atoms with Crippen molar-refractivity contribution in [3.8, 4) is 0 Å². The SMILES string of the molecule is COC(=O)c1cc(SC(C)C(C)C)ccc1[N+](=O)[O-]. The third-order valence-corrected chi connectivity index (χ3v) is 4.27. The van der Waals surface area contributed by atoms with Crippen LogP contribution in [0.2, 0.25) is 0 Å². The molecule has 0 spiro atoms. The Balaban J connectivity index is 3.11. The number of hydrogen-bond acceptors (Lipinski definition) is 5. The summed E-state index contributed by atoms with van der Waals surface area (Å²) in [5.41, 5.74) is -0.234. The quantitative estimate of drug-likeness (QED) is 0.358. The van der Waals surface area contributed by atoms with E-state index in [0.717, 1.165) is 4.90 Å². The number of rotatable bonds is 5. The summed E-state index contributed by atoms with van der Waals surface area (Å²) in [5, 5.41) is 11.2. The lowest BCUT2D eigenvalue weighted by atomic mass is 10.1. The lowest BCUT2D eigenvalue weighted by Gasteiger charge is -2.15. The Morgan fingerprint density at radius 3 is 2.47 bits per heavy atom. The highest BCUT2D eigenvalue weighted by atomic mass is 32.2. The molecule has 0 amide bonds. The molecular weight excluding hydrogens is 266 g/mol. The second-order valence-corrected chi connectivity index (χ2v) is 5.95. The van der Waals surface area contributed by atoms with E-state index in [1.807, 2.05) is 0 Å². The van der Waals surface area contributed by atoms with Crippen molar-refractivity contribution in [3.63, 3.8) is 0 Å². The van der Waals surface area contributed by atoms with Crippen LogP contribution in [0.5, 0.6) is 0 Å². The Hall–Kier alpha value is -1.56. The first-order chi connectivity index (χ1) is 8.86. The Kier molecular flexibility index (Phi) is 5.35. The highest BCUT2D eigenvalue weighted by Crippen LogP contribution is 2.31. The van der Waals surface area contributed by atoms with Crippen molar-refractivity contribution in [3.05, 3.63) is 33.9 Å². The minimum absolute atomic E-state index is 0.00606. The molecule has 6 heteroatoms. The Bertz CT molecular complexity index is 488. The number of nitrogens with zero attached hydrogens (tertiary/aromatic N) is 1. The fourth-order valence-electron chi connectivity index (χ4n) is 1.37. The number of carbonyl (C=O) groups excluding carboxylic acids is 1. The third kappa shape index (κ3) is 3.96. The van der Waals surface area contributed by atoms with Gasteiger partial charge in [-0.1, -0.05) is 20.8 Å². The van der Waals surface area contributed by atoms with E-state index < -0.39 is 10.9 Å². The number of thioether (sulfide) groups is 1. The molecule has 1 aromatic carbocycles. The largest absolute Gasteiger partial charge is 0.465 e. The predicted octanol–water partition coefficient (Wildman–Crippen LogP) is 3.52. The monoisotopic (exact) mass is 283 g/mol. The molecular formula is C13H17NO4S. The average molecular weight is 283 g/mol. The molecule has 0 aliphatic carbocycles. The first-order valence-electron chi connectivity index (χ1n) is 5.90. The van der Waals surface area contributed by atoms with Gasteiger partial charge in [0.15, 0.2) is 0 Å². The molecule has 0 aliphatic rings. The summed E-state index contributed by atoms with van der Waals surface area (Å²) in [5.74, 6) is -0.215. The first-order valence-corrected chi connectivity index (χ1v) is 6.78. The van der Waals surface area contributed by atoms with Crippen LogP contribution in [-0.4, -0.2) is 23.3 Å². The fraction of sp³-hybridized carbons (Fsp3) is 0.462. The molecule has 0 saturated heterocycles. The number of benzene rings is 1. The van der Waals surface area contributed by atoms with Crippen LogP contribution in [0.25, 0.3) is 0 Å². The van der Waals surface area contributed by atoms with Gasteiger partial charge in [-0.25, -0.2) is 4.79 Å². The molecule has 0 N–H and O–H groups in total. The van der Waals surface area contributed by atoms with Crippen LogP contribution in [0.15, 0.2) is 23.1 Å². The van der Waals surface area contributed by atoms with Crippen molar-refractivity contribution < 1.29 is 14.5 Å². The zero-order valence-corrected chi connectivity index (χ0v) is 12.2. The van der Waals surface area contributed by atoms with Crippen LogP contribution in [-0.2, 0) is 4.74 Å². The smallest absolute Gasteiger partial charge is 0.344 e. The highest BCUT2D eigenvalue weighted by Gasteiger charge is 2.22. The van der Waals surface area contributed by atoms with Crippen molar-refractivity contribution in [1.82, 2.24) is 0 Å². The van der Waals surface area contributed by atoms with Crippen LogP contribution in [0.4, 0.5) is 5.69 Å². The van der Waals surface area contributed by atoms with E-state index in [4.69, 9.17) is 0 Å². The summed E-state index contributed by atoms with van der Waals surface area (Å²) in [6, 6.07) is 4.53. The van der Waals surface area contributed by atoms with Gasteiger partial charge in [0.2, 0.25) is 0 Å².